The molecule has 0 spiro atoms. The van der Waals surface area contributed by atoms with E-state index in [0.717, 1.165) is 29.0 Å². The molecule has 1 aliphatic rings. The first kappa shape index (κ1) is 25.8. The zero-order valence-corrected chi connectivity index (χ0v) is 20.7. The summed E-state index contributed by atoms with van der Waals surface area (Å²) in [6, 6.07) is 4.05. The lowest BCUT2D eigenvalue weighted by molar-refractivity contribution is 0.254. The predicted molar refractivity (Wildman–Crippen MR) is 127 cm³/mol. The molecule has 0 aliphatic carbocycles. The van der Waals surface area contributed by atoms with Crippen LogP contribution in [0.15, 0.2) is 17.1 Å². The van der Waals surface area contributed by atoms with Crippen LogP contribution in [-0.2, 0) is 23.0 Å². The molecular formula is C19H33IN4O4S. The molecule has 29 heavy (non-hydrogen) atoms. The molecule has 0 saturated heterocycles. The topological polar surface area (TPSA) is 101 Å². The fourth-order valence-corrected chi connectivity index (χ4v) is 3.51. The highest BCUT2D eigenvalue weighted by atomic mass is 127. The van der Waals surface area contributed by atoms with Crippen LogP contribution in [0.2, 0.25) is 0 Å². The van der Waals surface area contributed by atoms with E-state index >= 15 is 0 Å². The molecule has 3 N–H and O–H groups in total. The summed E-state index contributed by atoms with van der Waals surface area (Å²) in [7, 11) is -3.19. The maximum Gasteiger partial charge on any atom is 0.211 e. The Kier molecular flexibility index (Phi) is 11.0. The van der Waals surface area contributed by atoms with Gasteiger partial charge >= 0.3 is 0 Å². The third-order valence-corrected chi connectivity index (χ3v) is 5.65. The number of fused-ring (bicyclic) bond motifs is 1. The van der Waals surface area contributed by atoms with Gasteiger partial charge in [0.25, 0.3) is 0 Å². The Labute approximate surface area is 191 Å². The summed E-state index contributed by atoms with van der Waals surface area (Å²) in [6.45, 7) is 10.1. The molecule has 1 aromatic carbocycles. The summed E-state index contributed by atoms with van der Waals surface area (Å²) < 4.78 is 37.2. The summed E-state index contributed by atoms with van der Waals surface area (Å²) in [6.07, 6.45) is 1.06. The number of nitrogens with one attached hydrogen (secondary N) is 3. The van der Waals surface area contributed by atoms with E-state index in [1.54, 1.807) is 6.92 Å². The largest absolute Gasteiger partial charge is 0.494 e. The minimum absolute atomic E-state index is 0. The van der Waals surface area contributed by atoms with E-state index in [1.165, 1.54) is 0 Å². The van der Waals surface area contributed by atoms with Gasteiger partial charge in [-0.15, -0.1) is 24.0 Å². The van der Waals surface area contributed by atoms with Crippen LogP contribution >= 0.6 is 24.0 Å². The van der Waals surface area contributed by atoms with Gasteiger partial charge in [0.1, 0.15) is 17.6 Å². The molecule has 2 rings (SSSR count). The van der Waals surface area contributed by atoms with Crippen molar-refractivity contribution in [2.24, 2.45) is 4.99 Å². The smallest absolute Gasteiger partial charge is 0.211 e. The highest BCUT2D eigenvalue weighted by Crippen LogP contribution is 2.35. The van der Waals surface area contributed by atoms with Crippen LogP contribution in [0, 0.1) is 0 Å². The van der Waals surface area contributed by atoms with E-state index < -0.39 is 10.0 Å². The van der Waals surface area contributed by atoms with Crippen LogP contribution < -0.4 is 24.8 Å². The van der Waals surface area contributed by atoms with Crippen molar-refractivity contribution in [1.82, 2.24) is 15.4 Å². The first-order valence-corrected chi connectivity index (χ1v) is 11.5. The minimum atomic E-state index is -3.19. The molecule has 10 heteroatoms. The SMILES string of the molecule is CCNC(=NCc1cc2c(cc1OCC)CC(C)O2)NCCNS(=O)(=O)CC.I. The number of rotatable bonds is 10. The summed E-state index contributed by atoms with van der Waals surface area (Å²) in [5, 5.41) is 6.30. The number of benzene rings is 1. The fraction of sp³-hybridized carbons (Fsp3) is 0.632. The monoisotopic (exact) mass is 540 g/mol. The van der Waals surface area contributed by atoms with Crippen molar-refractivity contribution in [2.45, 2.75) is 46.8 Å². The normalized spacial score (nSPS) is 15.9. The minimum Gasteiger partial charge on any atom is -0.494 e. The molecule has 0 fully saturated rings. The van der Waals surface area contributed by atoms with Crippen molar-refractivity contribution in [2.75, 3.05) is 32.0 Å². The first-order chi connectivity index (χ1) is 13.4. The van der Waals surface area contributed by atoms with Gasteiger partial charge in [-0.05, 0) is 39.8 Å². The Morgan fingerprint density at radius 2 is 2.00 bits per heavy atom. The van der Waals surface area contributed by atoms with E-state index in [4.69, 9.17) is 9.47 Å². The maximum absolute atomic E-state index is 11.5. The second-order valence-electron chi connectivity index (χ2n) is 6.55. The van der Waals surface area contributed by atoms with E-state index in [2.05, 4.69) is 27.3 Å². The molecule has 0 bridgehead atoms. The molecule has 166 valence electrons. The van der Waals surface area contributed by atoms with Gasteiger partial charge in [-0.1, -0.05) is 0 Å². The van der Waals surface area contributed by atoms with Gasteiger partial charge in [0.05, 0.1) is 18.9 Å². The maximum atomic E-state index is 11.5. The molecule has 1 aliphatic heterocycles. The zero-order valence-electron chi connectivity index (χ0n) is 17.6. The van der Waals surface area contributed by atoms with Crippen LogP contribution in [-0.4, -0.2) is 52.5 Å². The van der Waals surface area contributed by atoms with Gasteiger partial charge in [-0.25, -0.2) is 18.1 Å². The Morgan fingerprint density at radius 3 is 2.66 bits per heavy atom. The molecule has 1 atom stereocenters. The van der Waals surface area contributed by atoms with Gasteiger partial charge in [0, 0.05) is 37.2 Å². The van der Waals surface area contributed by atoms with Crippen molar-refractivity contribution in [1.29, 1.82) is 0 Å². The molecule has 0 saturated carbocycles. The lowest BCUT2D eigenvalue weighted by Gasteiger charge is -2.14. The summed E-state index contributed by atoms with van der Waals surface area (Å²) >= 11 is 0. The molecule has 1 heterocycles. The van der Waals surface area contributed by atoms with Crippen LogP contribution in [0.5, 0.6) is 11.5 Å². The van der Waals surface area contributed by atoms with E-state index in [9.17, 15) is 8.42 Å². The van der Waals surface area contributed by atoms with Crippen molar-refractivity contribution in [3.8, 4) is 11.5 Å². The lowest BCUT2D eigenvalue weighted by Crippen LogP contribution is -2.41. The fourth-order valence-electron chi connectivity index (χ4n) is 2.89. The van der Waals surface area contributed by atoms with Gasteiger partial charge in [0.15, 0.2) is 5.96 Å². The lowest BCUT2D eigenvalue weighted by atomic mass is 10.1. The van der Waals surface area contributed by atoms with Crippen molar-refractivity contribution >= 4 is 40.0 Å². The quantitative estimate of drug-likeness (QED) is 0.182. The molecular weight excluding hydrogens is 507 g/mol. The van der Waals surface area contributed by atoms with Crippen LogP contribution in [0.3, 0.4) is 0 Å². The molecule has 0 aromatic heterocycles. The Hall–Kier alpha value is -1.27. The number of nitrogens with zero attached hydrogens (tertiary/aromatic N) is 1. The Balaban J connectivity index is 0.00000420. The van der Waals surface area contributed by atoms with Crippen molar-refractivity contribution in [3.05, 3.63) is 23.3 Å². The Morgan fingerprint density at radius 1 is 1.24 bits per heavy atom. The van der Waals surface area contributed by atoms with Crippen LogP contribution in [0.1, 0.15) is 38.8 Å². The third kappa shape index (κ3) is 8.17. The van der Waals surface area contributed by atoms with Crippen molar-refractivity contribution in [3.63, 3.8) is 0 Å². The number of hydrogen-bond donors (Lipinski definition) is 3. The highest BCUT2D eigenvalue weighted by Gasteiger charge is 2.21. The second-order valence-corrected chi connectivity index (χ2v) is 8.65. The average Bonchev–Trinajstić information content (AvgIpc) is 3.02. The second kappa shape index (κ2) is 12.4. The van der Waals surface area contributed by atoms with Gasteiger partial charge in [0.2, 0.25) is 10.0 Å². The van der Waals surface area contributed by atoms with Gasteiger partial charge in [-0.2, -0.15) is 0 Å². The molecule has 8 nitrogen and oxygen atoms in total. The van der Waals surface area contributed by atoms with E-state index in [-0.39, 0.29) is 35.8 Å². The Bertz CT molecular complexity index is 787. The zero-order chi connectivity index (χ0) is 20.6. The highest BCUT2D eigenvalue weighted by molar-refractivity contribution is 14.0. The summed E-state index contributed by atoms with van der Waals surface area (Å²) in [5.41, 5.74) is 2.12. The van der Waals surface area contributed by atoms with Crippen molar-refractivity contribution < 1.29 is 17.9 Å². The number of guanidine groups is 1. The van der Waals surface area contributed by atoms with Crippen LogP contribution in [0.4, 0.5) is 0 Å². The summed E-state index contributed by atoms with van der Waals surface area (Å²) in [4.78, 5) is 4.61. The average molecular weight is 540 g/mol. The molecule has 0 radical (unpaired) electrons. The molecule has 0 amide bonds. The predicted octanol–water partition coefficient (Wildman–Crippen LogP) is 2.02. The number of aliphatic imine (C=N–C) groups is 1. The number of hydrogen-bond acceptors (Lipinski definition) is 5. The van der Waals surface area contributed by atoms with E-state index in [1.807, 2.05) is 26.0 Å². The number of sulfonamides is 1. The molecule has 1 aromatic rings. The van der Waals surface area contributed by atoms with E-state index in [0.29, 0.717) is 38.7 Å². The molecule has 1 unspecified atom stereocenters. The van der Waals surface area contributed by atoms with Gasteiger partial charge < -0.3 is 20.1 Å². The standard InChI is InChI=1S/C19H32N4O4S.HI/c1-5-20-19(21-8-9-23-28(24,25)7-3)22-13-16-12-18-15(10-14(4)27-18)11-17(16)26-6-2;/h11-12,14,23H,5-10,13H2,1-4H3,(H2,20,21,22);1H. The van der Waals surface area contributed by atoms with Crippen LogP contribution in [0.25, 0.3) is 0 Å². The first-order valence-electron chi connectivity index (χ1n) is 9.83. The number of ether oxygens (including phenoxy) is 2. The van der Waals surface area contributed by atoms with Gasteiger partial charge in [-0.3, -0.25) is 0 Å². The summed E-state index contributed by atoms with van der Waals surface area (Å²) in [5.74, 6) is 2.41. The number of halogens is 1. The third-order valence-electron chi connectivity index (χ3n) is 4.25.